The molecule has 2 aliphatic rings. The molecule has 2 atom stereocenters. The Bertz CT molecular complexity index is 1230. The van der Waals surface area contributed by atoms with Crippen LogP contribution in [-0.2, 0) is 9.59 Å². The number of piperidine rings is 1. The van der Waals surface area contributed by atoms with E-state index in [1.54, 1.807) is 0 Å². The largest absolute Gasteiger partial charge is 0.491 e. The molecule has 1 amide bonds. The minimum absolute atomic E-state index is 0.163. The minimum Gasteiger partial charge on any atom is -0.491 e. The minimum atomic E-state index is -1.09. The molecule has 0 bridgehead atoms. The van der Waals surface area contributed by atoms with E-state index in [4.69, 9.17) is 4.74 Å². The van der Waals surface area contributed by atoms with Crippen LogP contribution in [0, 0.1) is 11.6 Å². The standard InChI is InChI=1S/C29H28F2N2O4/c30-22-17-24-26(18-23(22)31)37-15-7-13-32(24)21-12-14-33(25(16-21)29(35)36)28(34)27(19-8-3-1-4-9-19)20-10-5-2-6-11-20/h1-6,8-11,17-18,21,25,27H,7,12-16H2,(H,35,36). The third kappa shape index (κ3) is 5.01. The first-order valence-corrected chi connectivity index (χ1v) is 12.5. The van der Waals surface area contributed by atoms with Crippen LogP contribution in [0.15, 0.2) is 72.8 Å². The van der Waals surface area contributed by atoms with Gasteiger partial charge in [-0.15, -0.1) is 0 Å². The van der Waals surface area contributed by atoms with Crippen molar-refractivity contribution >= 4 is 17.6 Å². The van der Waals surface area contributed by atoms with Crippen LogP contribution in [0.25, 0.3) is 0 Å². The van der Waals surface area contributed by atoms with Gasteiger partial charge in [-0.2, -0.15) is 0 Å². The van der Waals surface area contributed by atoms with Crippen LogP contribution in [0.1, 0.15) is 36.3 Å². The molecule has 37 heavy (non-hydrogen) atoms. The highest BCUT2D eigenvalue weighted by atomic mass is 19.2. The zero-order valence-electron chi connectivity index (χ0n) is 20.2. The summed E-state index contributed by atoms with van der Waals surface area (Å²) >= 11 is 0. The first kappa shape index (κ1) is 24.7. The molecule has 2 heterocycles. The van der Waals surface area contributed by atoms with E-state index in [-0.39, 0.29) is 30.7 Å². The molecule has 6 nitrogen and oxygen atoms in total. The average Bonchev–Trinajstić information content (AvgIpc) is 3.12. The quantitative estimate of drug-likeness (QED) is 0.537. The number of ether oxygens (including phenoxy) is 1. The molecule has 1 saturated heterocycles. The number of halogens is 2. The summed E-state index contributed by atoms with van der Waals surface area (Å²) in [5, 5.41) is 10.2. The highest BCUT2D eigenvalue weighted by molar-refractivity contribution is 5.91. The summed E-state index contributed by atoms with van der Waals surface area (Å²) in [4.78, 5) is 29.8. The van der Waals surface area contributed by atoms with Gasteiger partial charge in [0.25, 0.3) is 0 Å². The van der Waals surface area contributed by atoms with Gasteiger partial charge in [0.05, 0.1) is 18.2 Å². The number of hydrogen-bond acceptors (Lipinski definition) is 4. The molecule has 0 spiro atoms. The van der Waals surface area contributed by atoms with Gasteiger partial charge >= 0.3 is 5.97 Å². The Kier molecular flexibility index (Phi) is 7.08. The molecule has 192 valence electrons. The number of anilines is 1. The Morgan fingerprint density at radius 1 is 0.919 bits per heavy atom. The van der Waals surface area contributed by atoms with E-state index >= 15 is 0 Å². The maximum absolute atomic E-state index is 14.2. The molecule has 5 rings (SSSR count). The lowest BCUT2D eigenvalue weighted by Crippen LogP contribution is -2.56. The van der Waals surface area contributed by atoms with Crippen LogP contribution in [0.2, 0.25) is 0 Å². The monoisotopic (exact) mass is 506 g/mol. The number of rotatable bonds is 5. The first-order valence-electron chi connectivity index (χ1n) is 12.5. The lowest BCUT2D eigenvalue weighted by Gasteiger charge is -2.43. The van der Waals surface area contributed by atoms with Crippen LogP contribution in [-0.4, -0.2) is 53.7 Å². The normalized spacial score (nSPS) is 19.6. The van der Waals surface area contributed by atoms with E-state index in [9.17, 15) is 23.5 Å². The molecule has 0 aliphatic carbocycles. The Balaban J connectivity index is 1.44. The van der Waals surface area contributed by atoms with Gasteiger partial charge < -0.3 is 19.6 Å². The zero-order chi connectivity index (χ0) is 25.9. The number of nitrogens with zero attached hydrogens (tertiary/aromatic N) is 2. The van der Waals surface area contributed by atoms with E-state index < -0.39 is 29.6 Å². The van der Waals surface area contributed by atoms with Crippen molar-refractivity contribution < 1.29 is 28.2 Å². The molecule has 2 unspecified atom stereocenters. The number of benzene rings is 3. The number of fused-ring (bicyclic) bond motifs is 1. The first-order chi connectivity index (χ1) is 17.9. The topological polar surface area (TPSA) is 70.1 Å². The molecular weight excluding hydrogens is 478 g/mol. The van der Waals surface area contributed by atoms with E-state index in [1.807, 2.05) is 65.6 Å². The summed E-state index contributed by atoms with van der Waals surface area (Å²) in [6.07, 6.45) is 1.28. The van der Waals surface area contributed by atoms with E-state index in [1.165, 1.54) is 4.90 Å². The summed E-state index contributed by atoms with van der Waals surface area (Å²) < 4.78 is 33.7. The predicted molar refractivity (Wildman–Crippen MR) is 135 cm³/mol. The van der Waals surface area contributed by atoms with Gasteiger partial charge in [0, 0.05) is 31.3 Å². The Hall–Kier alpha value is -3.94. The van der Waals surface area contributed by atoms with Gasteiger partial charge in [-0.05, 0) is 30.4 Å². The van der Waals surface area contributed by atoms with Gasteiger partial charge in [0.2, 0.25) is 5.91 Å². The van der Waals surface area contributed by atoms with Crippen molar-refractivity contribution in [3.8, 4) is 5.75 Å². The highest BCUT2D eigenvalue weighted by Gasteiger charge is 2.41. The number of carbonyl (C=O) groups excluding carboxylic acids is 1. The summed E-state index contributed by atoms with van der Waals surface area (Å²) in [6.45, 7) is 1.09. The van der Waals surface area contributed by atoms with Gasteiger partial charge in [0.15, 0.2) is 11.6 Å². The number of carbonyl (C=O) groups is 2. The van der Waals surface area contributed by atoms with E-state index in [0.29, 0.717) is 31.7 Å². The van der Waals surface area contributed by atoms with Crippen molar-refractivity contribution in [1.82, 2.24) is 4.90 Å². The molecule has 2 aliphatic heterocycles. The van der Waals surface area contributed by atoms with Crippen LogP contribution >= 0.6 is 0 Å². The van der Waals surface area contributed by atoms with Crippen molar-refractivity contribution in [3.05, 3.63) is 95.6 Å². The van der Waals surface area contributed by atoms with Gasteiger partial charge in [-0.25, -0.2) is 13.6 Å². The van der Waals surface area contributed by atoms with Crippen LogP contribution in [0.5, 0.6) is 5.75 Å². The number of hydrogen-bond donors (Lipinski definition) is 1. The molecule has 1 fully saturated rings. The van der Waals surface area contributed by atoms with Crippen LogP contribution < -0.4 is 9.64 Å². The Morgan fingerprint density at radius 3 is 2.16 bits per heavy atom. The maximum Gasteiger partial charge on any atom is 0.326 e. The molecule has 8 heteroatoms. The number of carboxylic acids is 1. The second-order valence-corrected chi connectivity index (χ2v) is 9.45. The van der Waals surface area contributed by atoms with Crippen LogP contribution in [0.3, 0.4) is 0 Å². The molecule has 0 saturated carbocycles. The zero-order valence-corrected chi connectivity index (χ0v) is 20.2. The van der Waals surface area contributed by atoms with Crippen molar-refractivity contribution in [3.63, 3.8) is 0 Å². The lowest BCUT2D eigenvalue weighted by atomic mass is 9.87. The molecule has 0 radical (unpaired) electrons. The number of likely N-dealkylation sites (tertiary alicyclic amines) is 1. The smallest absolute Gasteiger partial charge is 0.326 e. The second kappa shape index (κ2) is 10.6. The summed E-state index contributed by atoms with van der Waals surface area (Å²) in [5.74, 6) is -3.71. The third-order valence-corrected chi connectivity index (χ3v) is 7.21. The summed E-state index contributed by atoms with van der Waals surface area (Å²) in [6, 6.07) is 19.5. The number of amides is 1. The Morgan fingerprint density at radius 2 is 1.54 bits per heavy atom. The van der Waals surface area contributed by atoms with Crippen molar-refractivity contribution in [2.75, 3.05) is 24.6 Å². The molecular formula is C29H28F2N2O4. The average molecular weight is 507 g/mol. The van der Waals surface area contributed by atoms with E-state index in [0.717, 1.165) is 23.3 Å². The fourth-order valence-corrected chi connectivity index (χ4v) is 5.44. The summed E-state index contributed by atoms with van der Waals surface area (Å²) in [7, 11) is 0. The van der Waals surface area contributed by atoms with Gasteiger partial charge in [-0.3, -0.25) is 4.79 Å². The van der Waals surface area contributed by atoms with E-state index in [2.05, 4.69) is 0 Å². The van der Waals surface area contributed by atoms with Gasteiger partial charge in [-0.1, -0.05) is 60.7 Å². The van der Waals surface area contributed by atoms with Crippen molar-refractivity contribution in [1.29, 1.82) is 0 Å². The van der Waals surface area contributed by atoms with Crippen molar-refractivity contribution in [2.24, 2.45) is 0 Å². The fourth-order valence-electron chi connectivity index (χ4n) is 5.44. The molecule has 3 aromatic rings. The molecule has 0 aromatic heterocycles. The second-order valence-electron chi connectivity index (χ2n) is 9.45. The lowest BCUT2D eigenvalue weighted by molar-refractivity contribution is -0.152. The van der Waals surface area contributed by atoms with Crippen LogP contribution in [0.4, 0.5) is 14.5 Å². The number of carboxylic acid groups (broad SMARTS) is 1. The van der Waals surface area contributed by atoms with Crippen molar-refractivity contribution in [2.45, 2.75) is 37.3 Å². The highest BCUT2D eigenvalue weighted by Crippen LogP contribution is 2.38. The predicted octanol–water partition coefficient (Wildman–Crippen LogP) is 4.83. The summed E-state index contributed by atoms with van der Waals surface area (Å²) in [5.41, 5.74) is 2.00. The Labute approximate surface area is 214 Å². The third-order valence-electron chi connectivity index (χ3n) is 7.21. The maximum atomic E-state index is 14.2. The fraction of sp³-hybridized carbons (Fsp3) is 0.310. The molecule has 1 N–H and O–H groups in total. The SMILES string of the molecule is O=C(O)C1CC(N2CCCOc3cc(F)c(F)cc32)CCN1C(=O)C(c1ccccc1)c1ccccc1. The van der Waals surface area contributed by atoms with Gasteiger partial charge in [0.1, 0.15) is 11.8 Å². The number of aliphatic carboxylic acids is 1. The molecule has 3 aromatic carbocycles.